The van der Waals surface area contributed by atoms with Gasteiger partial charge in [-0.25, -0.2) is 12.7 Å². The maximum absolute atomic E-state index is 11.5. The summed E-state index contributed by atoms with van der Waals surface area (Å²) in [7, 11) is -0.415. The highest BCUT2D eigenvalue weighted by Crippen LogP contribution is 2.06. The molecular weight excluding hydrogens is 240 g/mol. The largest absolute Gasteiger partial charge is 0.326 e. The molecule has 6 heteroatoms. The van der Waals surface area contributed by atoms with Gasteiger partial charge in [-0.3, -0.25) is 4.79 Å². The van der Waals surface area contributed by atoms with Crippen LogP contribution in [0.5, 0.6) is 0 Å². The fourth-order valence-corrected chi connectivity index (χ4v) is 1.96. The number of nitrogens with zero attached hydrogens (tertiary/aromatic N) is 1. The van der Waals surface area contributed by atoms with Crippen molar-refractivity contribution in [1.29, 1.82) is 0 Å². The first-order valence-electron chi connectivity index (χ1n) is 5.17. The van der Waals surface area contributed by atoms with Crippen LogP contribution in [0.2, 0.25) is 0 Å². The van der Waals surface area contributed by atoms with Crippen LogP contribution >= 0.6 is 0 Å². The minimum absolute atomic E-state index is 0.0462. The number of sulfonamides is 1. The predicted octanol–water partition coefficient (Wildman–Crippen LogP) is 0.907. The molecule has 17 heavy (non-hydrogen) atoms. The van der Waals surface area contributed by atoms with Gasteiger partial charge in [0.25, 0.3) is 0 Å². The Balaban J connectivity index is 2.47. The molecule has 1 aromatic rings. The van der Waals surface area contributed by atoms with Crippen molar-refractivity contribution >= 4 is 21.6 Å². The number of hydrogen-bond acceptors (Lipinski definition) is 3. The second-order valence-electron chi connectivity index (χ2n) is 3.76. The quantitative estimate of drug-likeness (QED) is 0.851. The minimum atomic E-state index is -3.31. The van der Waals surface area contributed by atoms with E-state index in [0.717, 1.165) is 4.31 Å². The van der Waals surface area contributed by atoms with E-state index >= 15 is 0 Å². The fourth-order valence-electron chi connectivity index (χ4n) is 1.15. The van der Waals surface area contributed by atoms with E-state index in [9.17, 15) is 13.2 Å². The van der Waals surface area contributed by atoms with Crippen LogP contribution in [-0.4, -0.2) is 38.5 Å². The van der Waals surface area contributed by atoms with E-state index in [0.29, 0.717) is 5.69 Å². The zero-order valence-electron chi connectivity index (χ0n) is 9.88. The Hall–Kier alpha value is -1.40. The van der Waals surface area contributed by atoms with Crippen molar-refractivity contribution in [3.63, 3.8) is 0 Å². The second-order valence-corrected chi connectivity index (χ2v) is 6.06. The molecule has 0 unspecified atom stereocenters. The maximum atomic E-state index is 11.5. The van der Waals surface area contributed by atoms with Gasteiger partial charge in [-0.15, -0.1) is 0 Å². The Morgan fingerprint density at radius 3 is 2.35 bits per heavy atom. The maximum Gasteiger partial charge on any atom is 0.225 e. The van der Waals surface area contributed by atoms with Crippen LogP contribution in [0.1, 0.15) is 6.42 Å². The smallest absolute Gasteiger partial charge is 0.225 e. The number of benzene rings is 1. The van der Waals surface area contributed by atoms with Crippen LogP contribution in [0.15, 0.2) is 30.3 Å². The van der Waals surface area contributed by atoms with Gasteiger partial charge in [-0.2, -0.15) is 0 Å². The highest BCUT2D eigenvalue weighted by molar-refractivity contribution is 7.89. The van der Waals surface area contributed by atoms with Crippen LogP contribution < -0.4 is 5.32 Å². The van der Waals surface area contributed by atoms with E-state index in [-0.39, 0.29) is 18.1 Å². The van der Waals surface area contributed by atoms with Crippen molar-refractivity contribution in [3.05, 3.63) is 30.3 Å². The lowest BCUT2D eigenvalue weighted by atomic mass is 10.3. The average Bonchev–Trinajstić information content (AvgIpc) is 2.28. The molecule has 1 rings (SSSR count). The number of anilines is 1. The third-order valence-electron chi connectivity index (χ3n) is 2.20. The Bertz CT molecular complexity index is 469. The van der Waals surface area contributed by atoms with Crippen LogP contribution in [0.25, 0.3) is 0 Å². The molecule has 0 spiro atoms. The molecule has 1 aromatic carbocycles. The fraction of sp³-hybridized carbons (Fsp3) is 0.364. The number of carbonyl (C=O) groups is 1. The molecule has 0 aliphatic heterocycles. The summed E-state index contributed by atoms with van der Waals surface area (Å²) in [5.74, 6) is -0.486. The average molecular weight is 256 g/mol. The number of amides is 1. The van der Waals surface area contributed by atoms with E-state index in [4.69, 9.17) is 0 Å². The summed E-state index contributed by atoms with van der Waals surface area (Å²) in [6, 6.07) is 8.93. The van der Waals surface area contributed by atoms with Gasteiger partial charge in [0.1, 0.15) is 0 Å². The second kappa shape index (κ2) is 5.79. The summed E-state index contributed by atoms with van der Waals surface area (Å²) in [5.41, 5.74) is 0.666. The Labute approximate surface area is 101 Å². The summed E-state index contributed by atoms with van der Waals surface area (Å²) in [6.07, 6.45) is -0.0462. The normalized spacial score (nSPS) is 11.5. The van der Waals surface area contributed by atoms with Crippen molar-refractivity contribution in [3.8, 4) is 0 Å². The van der Waals surface area contributed by atoms with Crippen molar-refractivity contribution in [2.75, 3.05) is 25.2 Å². The Kier molecular flexibility index (Phi) is 4.65. The van der Waals surface area contributed by atoms with Crippen molar-refractivity contribution in [2.45, 2.75) is 6.42 Å². The molecule has 0 atom stereocenters. The van der Waals surface area contributed by atoms with Crippen LogP contribution in [0.3, 0.4) is 0 Å². The molecule has 5 nitrogen and oxygen atoms in total. The van der Waals surface area contributed by atoms with E-state index in [1.54, 1.807) is 24.3 Å². The van der Waals surface area contributed by atoms with Gasteiger partial charge >= 0.3 is 0 Å². The minimum Gasteiger partial charge on any atom is -0.326 e. The van der Waals surface area contributed by atoms with Crippen molar-refractivity contribution in [2.24, 2.45) is 0 Å². The van der Waals surface area contributed by atoms with Gasteiger partial charge < -0.3 is 5.32 Å². The molecule has 0 aromatic heterocycles. The number of rotatable bonds is 5. The standard InChI is InChI=1S/C11H16N2O3S/c1-13(2)17(15,16)9-8-11(14)12-10-6-4-3-5-7-10/h3-7H,8-9H2,1-2H3,(H,12,14). The topological polar surface area (TPSA) is 66.5 Å². The van der Waals surface area contributed by atoms with Gasteiger partial charge in [0.2, 0.25) is 15.9 Å². The lowest BCUT2D eigenvalue weighted by Gasteiger charge is -2.10. The molecule has 0 saturated carbocycles. The van der Waals surface area contributed by atoms with Gasteiger partial charge in [-0.1, -0.05) is 18.2 Å². The van der Waals surface area contributed by atoms with Crippen LogP contribution in [-0.2, 0) is 14.8 Å². The molecule has 0 bridgehead atoms. The van der Waals surface area contributed by atoms with Gasteiger partial charge in [0.15, 0.2) is 0 Å². The van der Waals surface area contributed by atoms with Crippen molar-refractivity contribution < 1.29 is 13.2 Å². The highest BCUT2D eigenvalue weighted by Gasteiger charge is 2.15. The zero-order chi connectivity index (χ0) is 12.9. The van der Waals surface area contributed by atoms with Gasteiger partial charge in [0, 0.05) is 26.2 Å². The lowest BCUT2D eigenvalue weighted by Crippen LogP contribution is -2.27. The third kappa shape index (κ3) is 4.54. The Morgan fingerprint density at radius 2 is 1.82 bits per heavy atom. The molecule has 0 fully saturated rings. The monoisotopic (exact) mass is 256 g/mol. The van der Waals surface area contributed by atoms with E-state index in [2.05, 4.69) is 5.32 Å². The molecule has 1 amide bonds. The number of para-hydroxylation sites is 1. The molecule has 94 valence electrons. The molecule has 0 aliphatic rings. The summed E-state index contributed by atoms with van der Waals surface area (Å²) < 4.78 is 24.0. The van der Waals surface area contributed by atoms with E-state index < -0.39 is 10.0 Å². The zero-order valence-corrected chi connectivity index (χ0v) is 10.7. The molecule has 0 heterocycles. The number of hydrogen-bond donors (Lipinski definition) is 1. The van der Waals surface area contributed by atoms with Crippen LogP contribution in [0, 0.1) is 0 Å². The molecule has 0 saturated heterocycles. The number of carbonyl (C=O) groups excluding carboxylic acids is 1. The molecular formula is C11H16N2O3S. The first kappa shape index (κ1) is 13.7. The molecule has 0 radical (unpaired) electrons. The van der Waals surface area contributed by atoms with Gasteiger partial charge in [-0.05, 0) is 12.1 Å². The first-order chi connectivity index (χ1) is 7.92. The van der Waals surface area contributed by atoms with E-state index in [1.807, 2.05) is 6.07 Å². The first-order valence-corrected chi connectivity index (χ1v) is 6.78. The van der Waals surface area contributed by atoms with Crippen molar-refractivity contribution in [1.82, 2.24) is 4.31 Å². The summed E-state index contributed by atoms with van der Waals surface area (Å²) >= 11 is 0. The summed E-state index contributed by atoms with van der Waals surface area (Å²) in [4.78, 5) is 11.5. The number of nitrogens with one attached hydrogen (secondary N) is 1. The van der Waals surface area contributed by atoms with Crippen LogP contribution in [0.4, 0.5) is 5.69 Å². The summed E-state index contributed by atoms with van der Waals surface area (Å²) in [5, 5.41) is 2.63. The third-order valence-corrected chi connectivity index (χ3v) is 4.03. The predicted molar refractivity (Wildman–Crippen MR) is 67.2 cm³/mol. The SMILES string of the molecule is CN(C)S(=O)(=O)CCC(=O)Nc1ccccc1. The van der Waals surface area contributed by atoms with E-state index in [1.165, 1.54) is 14.1 Å². The molecule has 0 aliphatic carbocycles. The highest BCUT2D eigenvalue weighted by atomic mass is 32.2. The molecule has 1 N–H and O–H groups in total. The van der Waals surface area contributed by atoms with Gasteiger partial charge in [0.05, 0.1) is 5.75 Å². The summed E-state index contributed by atoms with van der Waals surface area (Å²) in [6.45, 7) is 0. The Morgan fingerprint density at radius 1 is 1.24 bits per heavy atom. The lowest BCUT2D eigenvalue weighted by molar-refractivity contribution is -0.115.